The largest absolute Gasteiger partial charge is 0.466 e. The molecule has 6 heteroatoms. The van der Waals surface area contributed by atoms with Crippen molar-refractivity contribution in [1.82, 2.24) is 5.32 Å². The fraction of sp³-hybridized carbons (Fsp3) is 0.882. The monoisotopic (exact) mass is 1280 g/mol. The minimum absolute atomic E-state index is 0.00919. The average molecular weight is 1280 g/mol. The van der Waals surface area contributed by atoms with Crippen LogP contribution in [0.2, 0.25) is 0 Å². The Kier molecular flexibility index (Phi) is 78.3. The molecule has 0 fully saturated rings. The van der Waals surface area contributed by atoms with Crippen molar-refractivity contribution in [3.63, 3.8) is 0 Å². The molecule has 1 amide bonds. The summed E-state index contributed by atoms with van der Waals surface area (Å²) in [6.45, 7) is 4.94. The Balaban J connectivity index is 3.40. The van der Waals surface area contributed by atoms with E-state index >= 15 is 0 Å². The Bertz CT molecular complexity index is 1520. The van der Waals surface area contributed by atoms with Gasteiger partial charge in [0.1, 0.15) is 0 Å². The smallest absolute Gasteiger partial charge is 0.305 e. The van der Waals surface area contributed by atoms with Crippen LogP contribution in [0, 0.1) is 0 Å². The fourth-order valence-corrected chi connectivity index (χ4v) is 13.0. The van der Waals surface area contributed by atoms with Crippen LogP contribution < -0.4 is 5.32 Å². The van der Waals surface area contributed by atoms with Gasteiger partial charge in [0.2, 0.25) is 5.91 Å². The first-order chi connectivity index (χ1) is 45.0. The van der Waals surface area contributed by atoms with E-state index in [1.54, 1.807) is 6.08 Å². The van der Waals surface area contributed by atoms with Gasteiger partial charge in [-0.1, -0.05) is 403 Å². The van der Waals surface area contributed by atoms with Gasteiger partial charge in [0.05, 0.1) is 25.4 Å². The standard InChI is InChI=1S/C85H161NO5/c1-3-5-7-9-11-13-15-17-19-20-21-22-23-37-40-43-46-50-53-57-61-65-69-73-77-83(88)82(81-87)86-84(89)78-74-70-66-62-58-54-51-47-44-41-38-35-33-31-29-27-25-24-26-28-30-32-34-36-39-42-45-48-52-56-60-64-68-72-76-80-91-85(90)79-75-71-67-63-59-55-49-18-16-14-12-10-8-6-4-2/h18,26,28,32,34,49,73,77,82-83,87-88H,3-17,19-25,27,29-31,33,35-48,50-72,74-76,78-81H2,1-2H3,(H,86,89)/b28-26-,34-32-,49-18-,77-73+. The summed E-state index contributed by atoms with van der Waals surface area (Å²) in [4.78, 5) is 24.6. The Morgan fingerprint density at radius 3 is 0.846 bits per heavy atom. The molecule has 0 aliphatic heterocycles. The summed E-state index contributed by atoms with van der Waals surface area (Å²) in [5.74, 6) is -0.0516. The molecule has 536 valence electrons. The summed E-state index contributed by atoms with van der Waals surface area (Å²) in [5, 5.41) is 23.3. The van der Waals surface area contributed by atoms with E-state index in [1.165, 1.54) is 379 Å². The van der Waals surface area contributed by atoms with Crippen molar-refractivity contribution in [3.05, 3.63) is 48.6 Å². The van der Waals surface area contributed by atoms with E-state index in [-0.39, 0.29) is 18.5 Å². The van der Waals surface area contributed by atoms with E-state index in [9.17, 15) is 19.8 Å². The molecule has 0 rings (SSSR count). The number of unbranched alkanes of at least 4 members (excludes halogenated alkanes) is 61. The van der Waals surface area contributed by atoms with Crippen LogP contribution in [0.15, 0.2) is 48.6 Å². The van der Waals surface area contributed by atoms with Gasteiger partial charge >= 0.3 is 5.97 Å². The number of hydrogen-bond donors (Lipinski definition) is 3. The SMILES string of the molecule is CCCCCCCC/C=C\CCCCCCCC(=O)OCCCCCCCCCCCCC/C=C\C/C=C\CCCCCCCCCCCCCCCCCCCC(=O)NC(CO)C(O)/C=C/CCCCCCCCCCCCCCCCCCCCCCCC. The predicted octanol–water partition coefficient (Wildman–Crippen LogP) is 27.5. The molecule has 0 aliphatic rings. The molecule has 0 saturated carbocycles. The first kappa shape index (κ1) is 88.8. The van der Waals surface area contributed by atoms with Crippen molar-refractivity contribution in [1.29, 1.82) is 0 Å². The summed E-state index contributed by atoms with van der Waals surface area (Å²) in [7, 11) is 0. The average Bonchev–Trinajstić information content (AvgIpc) is 3.75. The van der Waals surface area contributed by atoms with Crippen LogP contribution >= 0.6 is 0 Å². The molecule has 0 aliphatic carbocycles. The number of aliphatic hydroxyl groups is 2. The molecule has 6 nitrogen and oxygen atoms in total. The second-order valence-electron chi connectivity index (χ2n) is 28.4. The van der Waals surface area contributed by atoms with Crippen molar-refractivity contribution in [2.24, 2.45) is 0 Å². The lowest BCUT2D eigenvalue weighted by Crippen LogP contribution is -2.45. The lowest BCUT2D eigenvalue weighted by Gasteiger charge is -2.20. The Hall–Kier alpha value is -2.18. The predicted molar refractivity (Wildman–Crippen MR) is 402 cm³/mol. The van der Waals surface area contributed by atoms with E-state index in [0.29, 0.717) is 19.4 Å². The number of aliphatic hydroxyl groups excluding tert-OH is 2. The topological polar surface area (TPSA) is 95.9 Å². The van der Waals surface area contributed by atoms with E-state index in [1.807, 2.05) is 6.08 Å². The van der Waals surface area contributed by atoms with Crippen LogP contribution in [-0.4, -0.2) is 47.4 Å². The number of esters is 1. The number of allylic oxidation sites excluding steroid dienone is 7. The number of carbonyl (C=O) groups excluding carboxylic acids is 2. The summed E-state index contributed by atoms with van der Waals surface area (Å²) >= 11 is 0. The number of ether oxygens (including phenoxy) is 1. The Labute approximate surface area is 569 Å². The molecule has 0 bridgehead atoms. The van der Waals surface area contributed by atoms with E-state index < -0.39 is 12.1 Å². The highest BCUT2D eigenvalue weighted by Gasteiger charge is 2.18. The molecule has 0 saturated heterocycles. The van der Waals surface area contributed by atoms with Gasteiger partial charge in [-0.25, -0.2) is 0 Å². The van der Waals surface area contributed by atoms with Gasteiger partial charge in [-0.3, -0.25) is 9.59 Å². The minimum Gasteiger partial charge on any atom is -0.466 e. The number of carbonyl (C=O) groups is 2. The van der Waals surface area contributed by atoms with Gasteiger partial charge < -0.3 is 20.3 Å². The van der Waals surface area contributed by atoms with Crippen LogP contribution in [0.1, 0.15) is 457 Å². The van der Waals surface area contributed by atoms with E-state index in [2.05, 4.69) is 55.6 Å². The first-order valence-electron chi connectivity index (χ1n) is 41.4. The molecule has 0 heterocycles. The number of nitrogens with one attached hydrogen (secondary N) is 1. The zero-order chi connectivity index (χ0) is 65.6. The molecule has 2 atom stereocenters. The maximum atomic E-state index is 12.6. The second-order valence-corrected chi connectivity index (χ2v) is 28.4. The zero-order valence-corrected chi connectivity index (χ0v) is 61.6. The van der Waals surface area contributed by atoms with Crippen LogP contribution in [0.3, 0.4) is 0 Å². The highest BCUT2D eigenvalue weighted by Crippen LogP contribution is 2.20. The molecule has 0 aromatic carbocycles. The first-order valence-corrected chi connectivity index (χ1v) is 41.4. The third-order valence-corrected chi connectivity index (χ3v) is 19.3. The molecular formula is C85H161NO5. The molecule has 91 heavy (non-hydrogen) atoms. The maximum Gasteiger partial charge on any atom is 0.305 e. The molecule has 0 aromatic rings. The molecule has 2 unspecified atom stereocenters. The summed E-state index contributed by atoms with van der Waals surface area (Å²) in [6, 6.07) is -0.628. The third-order valence-electron chi connectivity index (χ3n) is 19.3. The molecule has 0 radical (unpaired) electrons. The second kappa shape index (κ2) is 80.3. The lowest BCUT2D eigenvalue weighted by molar-refractivity contribution is -0.143. The third kappa shape index (κ3) is 76.7. The molecule has 0 spiro atoms. The van der Waals surface area contributed by atoms with Crippen LogP contribution in [-0.2, 0) is 14.3 Å². The highest BCUT2D eigenvalue weighted by molar-refractivity contribution is 5.76. The summed E-state index contributed by atoms with van der Waals surface area (Å²) in [6.07, 6.45) is 107. The van der Waals surface area contributed by atoms with Crippen molar-refractivity contribution in [2.75, 3.05) is 13.2 Å². The molecule has 0 aromatic heterocycles. The molecule has 3 N–H and O–H groups in total. The highest BCUT2D eigenvalue weighted by atomic mass is 16.5. The van der Waals surface area contributed by atoms with Gasteiger partial charge in [-0.05, 0) is 89.9 Å². The van der Waals surface area contributed by atoms with Gasteiger partial charge in [-0.2, -0.15) is 0 Å². The van der Waals surface area contributed by atoms with Crippen LogP contribution in [0.4, 0.5) is 0 Å². The van der Waals surface area contributed by atoms with Gasteiger partial charge in [-0.15, -0.1) is 0 Å². The van der Waals surface area contributed by atoms with E-state index in [4.69, 9.17) is 4.74 Å². The normalized spacial score (nSPS) is 12.7. The van der Waals surface area contributed by atoms with Crippen molar-refractivity contribution in [3.8, 4) is 0 Å². The van der Waals surface area contributed by atoms with Crippen molar-refractivity contribution in [2.45, 2.75) is 469 Å². The van der Waals surface area contributed by atoms with Crippen molar-refractivity contribution >= 4 is 11.9 Å². The van der Waals surface area contributed by atoms with E-state index in [0.717, 1.165) is 51.4 Å². The quantitative estimate of drug-likeness (QED) is 0.0320. The lowest BCUT2D eigenvalue weighted by atomic mass is 10.0. The van der Waals surface area contributed by atoms with Gasteiger partial charge in [0, 0.05) is 12.8 Å². The molecular weight excluding hydrogens is 1110 g/mol. The minimum atomic E-state index is -0.845. The summed E-state index contributed by atoms with van der Waals surface area (Å²) < 4.78 is 5.49. The Morgan fingerprint density at radius 2 is 0.549 bits per heavy atom. The number of hydrogen-bond acceptors (Lipinski definition) is 5. The number of amides is 1. The van der Waals surface area contributed by atoms with Crippen LogP contribution in [0.25, 0.3) is 0 Å². The van der Waals surface area contributed by atoms with Crippen LogP contribution in [0.5, 0.6) is 0 Å². The van der Waals surface area contributed by atoms with Gasteiger partial charge in [0.15, 0.2) is 0 Å². The zero-order valence-electron chi connectivity index (χ0n) is 61.6. The fourth-order valence-electron chi connectivity index (χ4n) is 13.0. The Morgan fingerprint density at radius 1 is 0.308 bits per heavy atom. The number of rotatable bonds is 78. The maximum absolute atomic E-state index is 12.6. The van der Waals surface area contributed by atoms with Gasteiger partial charge in [0.25, 0.3) is 0 Å². The van der Waals surface area contributed by atoms with Crippen molar-refractivity contribution < 1.29 is 24.5 Å². The summed E-state index contributed by atoms with van der Waals surface area (Å²) in [5.41, 5.74) is 0.